The maximum Gasteiger partial charge on any atom is 0.167 e. The summed E-state index contributed by atoms with van der Waals surface area (Å²) in [7, 11) is 1.61. The summed E-state index contributed by atoms with van der Waals surface area (Å²) in [6.45, 7) is 4.27. The molecule has 1 N–H and O–H groups in total. The summed E-state index contributed by atoms with van der Waals surface area (Å²) in [4.78, 5) is 0. The first-order valence-electron chi connectivity index (χ1n) is 7.83. The van der Waals surface area contributed by atoms with Gasteiger partial charge < -0.3 is 19.3 Å². The fourth-order valence-corrected chi connectivity index (χ4v) is 3.00. The average Bonchev–Trinajstić information content (AvgIpc) is 2.58. The molecule has 2 aromatic rings. The molecule has 2 aromatic carbocycles. The van der Waals surface area contributed by atoms with Gasteiger partial charge >= 0.3 is 0 Å². The number of aliphatic hydroxyl groups excluding tert-OH is 1. The fraction of sp³-hybridized carbons (Fsp3) is 0.368. The second-order valence-electron chi connectivity index (χ2n) is 5.80. The van der Waals surface area contributed by atoms with Gasteiger partial charge in [0.25, 0.3) is 0 Å². The largest absolute Gasteiger partial charge is 0.493 e. The summed E-state index contributed by atoms with van der Waals surface area (Å²) in [5.74, 6) is 1.23. The van der Waals surface area contributed by atoms with Crippen LogP contribution in [0.1, 0.15) is 42.7 Å². The van der Waals surface area contributed by atoms with Crippen LogP contribution in [0, 0.1) is 0 Å². The standard InChI is InChI=1S/C19H22O4/c1-12-15-9-10-16(21-3)19(17(15)18(20)13(2)23-12)22-11-14-7-5-4-6-8-14/h4-10,12-13,18,20H,11H2,1-3H3/t12-,13-,18-/m1/s1. The Morgan fingerprint density at radius 3 is 2.52 bits per heavy atom. The Kier molecular flexibility index (Phi) is 4.55. The predicted molar refractivity (Wildman–Crippen MR) is 87.7 cm³/mol. The Hall–Kier alpha value is -2.04. The maximum absolute atomic E-state index is 10.6. The summed E-state index contributed by atoms with van der Waals surface area (Å²) in [5, 5.41) is 10.6. The van der Waals surface area contributed by atoms with Gasteiger partial charge in [-0.1, -0.05) is 36.4 Å². The molecule has 1 aliphatic rings. The highest BCUT2D eigenvalue weighted by Gasteiger charge is 2.34. The maximum atomic E-state index is 10.6. The summed E-state index contributed by atoms with van der Waals surface area (Å²) in [5.41, 5.74) is 2.78. The van der Waals surface area contributed by atoms with Crippen LogP contribution in [-0.4, -0.2) is 18.3 Å². The Morgan fingerprint density at radius 2 is 1.83 bits per heavy atom. The topological polar surface area (TPSA) is 47.9 Å². The number of methoxy groups -OCH3 is 1. The normalized spacial score (nSPS) is 23.2. The van der Waals surface area contributed by atoms with Gasteiger partial charge in [-0.25, -0.2) is 0 Å². The number of fused-ring (bicyclic) bond motifs is 1. The second kappa shape index (κ2) is 6.60. The first-order valence-corrected chi connectivity index (χ1v) is 7.83. The molecule has 0 saturated heterocycles. The molecule has 4 heteroatoms. The molecule has 0 unspecified atom stereocenters. The van der Waals surface area contributed by atoms with Gasteiger partial charge in [0.15, 0.2) is 11.5 Å². The van der Waals surface area contributed by atoms with Crippen molar-refractivity contribution in [3.63, 3.8) is 0 Å². The highest BCUT2D eigenvalue weighted by Crippen LogP contribution is 2.45. The SMILES string of the molecule is COc1ccc2c(c1OCc1ccccc1)[C@H](O)[C@@H](C)O[C@@H]2C. The third kappa shape index (κ3) is 3.05. The van der Waals surface area contributed by atoms with Crippen LogP contribution in [0.25, 0.3) is 0 Å². The lowest BCUT2D eigenvalue weighted by Gasteiger charge is -2.34. The van der Waals surface area contributed by atoms with E-state index in [9.17, 15) is 5.11 Å². The van der Waals surface area contributed by atoms with E-state index in [1.165, 1.54) is 0 Å². The van der Waals surface area contributed by atoms with E-state index in [2.05, 4.69) is 0 Å². The number of hydrogen-bond acceptors (Lipinski definition) is 4. The fourth-order valence-electron chi connectivity index (χ4n) is 3.00. The van der Waals surface area contributed by atoms with E-state index >= 15 is 0 Å². The van der Waals surface area contributed by atoms with Crippen LogP contribution >= 0.6 is 0 Å². The molecule has 3 rings (SSSR count). The number of rotatable bonds is 4. The molecule has 0 bridgehead atoms. The van der Waals surface area contributed by atoms with Crippen LogP contribution in [0.3, 0.4) is 0 Å². The van der Waals surface area contributed by atoms with E-state index in [0.717, 1.165) is 16.7 Å². The lowest BCUT2D eigenvalue weighted by molar-refractivity contribution is -0.0820. The van der Waals surface area contributed by atoms with E-state index in [0.29, 0.717) is 18.1 Å². The molecular formula is C19H22O4. The van der Waals surface area contributed by atoms with Crippen molar-refractivity contribution in [2.75, 3.05) is 7.11 Å². The van der Waals surface area contributed by atoms with Gasteiger partial charge in [0.2, 0.25) is 0 Å². The van der Waals surface area contributed by atoms with Gasteiger partial charge in [0.1, 0.15) is 12.7 Å². The second-order valence-corrected chi connectivity index (χ2v) is 5.80. The van der Waals surface area contributed by atoms with Crippen molar-refractivity contribution in [1.82, 2.24) is 0 Å². The van der Waals surface area contributed by atoms with Crippen LogP contribution < -0.4 is 9.47 Å². The smallest absolute Gasteiger partial charge is 0.167 e. The Labute approximate surface area is 136 Å². The third-order valence-electron chi connectivity index (χ3n) is 4.24. The van der Waals surface area contributed by atoms with Crippen molar-refractivity contribution in [2.45, 2.75) is 38.8 Å². The van der Waals surface area contributed by atoms with Gasteiger partial charge in [0, 0.05) is 5.56 Å². The molecule has 122 valence electrons. The summed E-state index contributed by atoms with van der Waals surface area (Å²) in [6, 6.07) is 13.7. The molecule has 0 spiro atoms. The van der Waals surface area contributed by atoms with Gasteiger partial charge in [-0.2, -0.15) is 0 Å². The predicted octanol–water partition coefficient (Wildman–Crippen LogP) is 3.79. The van der Waals surface area contributed by atoms with Gasteiger partial charge in [0.05, 0.1) is 19.3 Å². The van der Waals surface area contributed by atoms with E-state index in [1.54, 1.807) is 7.11 Å². The molecule has 0 aromatic heterocycles. The molecule has 0 fully saturated rings. The first-order chi connectivity index (χ1) is 11.1. The molecule has 23 heavy (non-hydrogen) atoms. The van der Waals surface area contributed by atoms with Crippen molar-refractivity contribution in [2.24, 2.45) is 0 Å². The summed E-state index contributed by atoms with van der Waals surface area (Å²) in [6.07, 6.45) is -1.11. The molecular weight excluding hydrogens is 292 g/mol. The van der Waals surface area contributed by atoms with Crippen molar-refractivity contribution in [3.8, 4) is 11.5 Å². The average molecular weight is 314 g/mol. The minimum absolute atomic E-state index is 0.0895. The monoisotopic (exact) mass is 314 g/mol. The number of benzene rings is 2. The van der Waals surface area contributed by atoms with E-state index < -0.39 is 6.10 Å². The number of hydrogen-bond donors (Lipinski definition) is 1. The van der Waals surface area contributed by atoms with E-state index in [1.807, 2.05) is 56.3 Å². The Bertz CT molecular complexity index is 669. The summed E-state index contributed by atoms with van der Waals surface area (Å²) < 4.78 is 17.3. The molecule has 0 radical (unpaired) electrons. The molecule has 1 aliphatic heterocycles. The zero-order valence-electron chi connectivity index (χ0n) is 13.7. The number of aliphatic hydroxyl groups is 1. The molecule has 4 nitrogen and oxygen atoms in total. The van der Waals surface area contributed by atoms with Crippen LogP contribution in [0.15, 0.2) is 42.5 Å². The highest BCUT2D eigenvalue weighted by atomic mass is 16.5. The quantitative estimate of drug-likeness (QED) is 0.933. The minimum Gasteiger partial charge on any atom is -0.493 e. The van der Waals surface area contributed by atoms with E-state index in [-0.39, 0.29) is 12.2 Å². The molecule has 0 amide bonds. The zero-order chi connectivity index (χ0) is 16.4. The molecule has 1 heterocycles. The number of ether oxygens (including phenoxy) is 3. The van der Waals surface area contributed by atoms with Gasteiger partial charge in [-0.3, -0.25) is 0 Å². The lowest BCUT2D eigenvalue weighted by Crippen LogP contribution is -2.28. The summed E-state index contributed by atoms with van der Waals surface area (Å²) >= 11 is 0. The van der Waals surface area contributed by atoms with Crippen molar-refractivity contribution >= 4 is 0 Å². The van der Waals surface area contributed by atoms with Crippen molar-refractivity contribution in [1.29, 1.82) is 0 Å². The highest BCUT2D eigenvalue weighted by molar-refractivity contribution is 5.53. The molecule has 3 atom stereocenters. The Morgan fingerprint density at radius 1 is 1.09 bits per heavy atom. The minimum atomic E-state index is -0.734. The van der Waals surface area contributed by atoms with Crippen LogP contribution in [-0.2, 0) is 11.3 Å². The van der Waals surface area contributed by atoms with Crippen LogP contribution in [0.5, 0.6) is 11.5 Å². The van der Waals surface area contributed by atoms with Crippen molar-refractivity contribution in [3.05, 3.63) is 59.2 Å². The molecule has 0 aliphatic carbocycles. The third-order valence-corrected chi connectivity index (χ3v) is 4.24. The zero-order valence-corrected chi connectivity index (χ0v) is 13.7. The van der Waals surface area contributed by atoms with Crippen LogP contribution in [0.2, 0.25) is 0 Å². The van der Waals surface area contributed by atoms with Gasteiger partial charge in [-0.05, 0) is 31.0 Å². The van der Waals surface area contributed by atoms with Gasteiger partial charge in [-0.15, -0.1) is 0 Å². The van der Waals surface area contributed by atoms with E-state index in [4.69, 9.17) is 14.2 Å². The Balaban J connectivity index is 1.99. The first kappa shape index (κ1) is 15.8. The van der Waals surface area contributed by atoms with Crippen molar-refractivity contribution < 1.29 is 19.3 Å². The lowest BCUT2D eigenvalue weighted by atomic mass is 9.91. The molecule has 0 saturated carbocycles. The van der Waals surface area contributed by atoms with Crippen LogP contribution in [0.4, 0.5) is 0 Å².